The van der Waals surface area contributed by atoms with E-state index in [2.05, 4.69) is 45.2 Å². The van der Waals surface area contributed by atoms with Gasteiger partial charge in [0.1, 0.15) is 5.76 Å². The molecule has 1 aliphatic heterocycles. The Morgan fingerprint density at radius 2 is 1.87 bits per heavy atom. The molecule has 4 rings (SSSR count). The van der Waals surface area contributed by atoms with Crippen LogP contribution < -0.4 is 4.90 Å². The van der Waals surface area contributed by atoms with Crippen molar-refractivity contribution in [2.24, 2.45) is 0 Å². The van der Waals surface area contributed by atoms with Crippen LogP contribution >= 0.6 is 0 Å². The second kappa shape index (κ2) is 5.69. The summed E-state index contributed by atoms with van der Waals surface area (Å²) in [6.07, 6.45) is 4.22. The summed E-state index contributed by atoms with van der Waals surface area (Å²) in [7, 11) is 0. The van der Waals surface area contributed by atoms with Crippen molar-refractivity contribution in [1.82, 2.24) is 9.97 Å². The van der Waals surface area contributed by atoms with E-state index in [4.69, 9.17) is 4.42 Å². The number of pyridine rings is 1. The smallest absolute Gasteiger partial charge is 0.193 e. The first kappa shape index (κ1) is 14.2. The van der Waals surface area contributed by atoms with Crippen molar-refractivity contribution in [2.75, 3.05) is 18.0 Å². The average Bonchev–Trinajstić information content (AvgIpc) is 2.93. The molecule has 3 aromatic rings. The summed E-state index contributed by atoms with van der Waals surface area (Å²) in [5, 5.41) is 1.29. The molecule has 0 bridgehead atoms. The summed E-state index contributed by atoms with van der Waals surface area (Å²) in [6, 6.07) is 10.6. The Labute approximate surface area is 136 Å². The number of anilines is 1. The van der Waals surface area contributed by atoms with Gasteiger partial charge in [-0.15, -0.1) is 0 Å². The van der Waals surface area contributed by atoms with E-state index in [1.807, 2.05) is 20.0 Å². The fourth-order valence-corrected chi connectivity index (χ4v) is 3.69. The average molecular weight is 307 g/mol. The van der Waals surface area contributed by atoms with Gasteiger partial charge in [0.15, 0.2) is 11.7 Å². The van der Waals surface area contributed by atoms with Crippen LogP contribution in [0.4, 0.5) is 5.82 Å². The van der Waals surface area contributed by atoms with E-state index in [0.29, 0.717) is 5.92 Å². The number of nitrogens with zero attached hydrogens (tertiary/aromatic N) is 3. The van der Waals surface area contributed by atoms with Gasteiger partial charge in [0, 0.05) is 31.6 Å². The molecule has 0 saturated carbocycles. The van der Waals surface area contributed by atoms with Gasteiger partial charge in [0.2, 0.25) is 0 Å². The maximum absolute atomic E-state index is 5.58. The van der Waals surface area contributed by atoms with E-state index in [1.165, 1.54) is 10.9 Å². The third-order valence-electron chi connectivity index (χ3n) is 4.80. The van der Waals surface area contributed by atoms with Crippen molar-refractivity contribution in [3.63, 3.8) is 0 Å². The Morgan fingerprint density at radius 1 is 1.09 bits per heavy atom. The second-order valence-corrected chi connectivity index (χ2v) is 6.29. The minimum absolute atomic E-state index is 0.590. The molecule has 2 aromatic heterocycles. The molecule has 1 fully saturated rings. The van der Waals surface area contributed by atoms with Crippen molar-refractivity contribution in [3.05, 3.63) is 53.7 Å². The van der Waals surface area contributed by atoms with Gasteiger partial charge in [-0.1, -0.05) is 18.2 Å². The molecule has 0 amide bonds. The predicted octanol–water partition coefficient (Wildman–Crippen LogP) is 4.22. The molecule has 0 unspecified atom stereocenters. The van der Waals surface area contributed by atoms with Crippen molar-refractivity contribution >= 4 is 16.7 Å². The minimum Gasteiger partial charge on any atom is -0.444 e. The molecule has 0 radical (unpaired) electrons. The normalized spacial score (nSPS) is 16.2. The molecular weight excluding hydrogens is 286 g/mol. The van der Waals surface area contributed by atoms with E-state index in [0.717, 1.165) is 48.9 Å². The highest BCUT2D eigenvalue weighted by Crippen LogP contribution is 2.34. The summed E-state index contributed by atoms with van der Waals surface area (Å²) >= 11 is 0. The van der Waals surface area contributed by atoms with Crippen LogP contribution in [-0.2, 0) is 0 Å². The molecule has 0 N–H and O–H groups in total. The first-order valence-corrected chi connectivity index (χ1v) is 8.25. The molecule has 3 heterocycles. The van der Waals surface area contributed by atoms with Gasteiger partial charge in [0.25, 0.3) is 0 Å². The Morgan fingerprint density at radius 3 is 2.61 bits per heavy atom. The fourth-order valence-electron chi connectivity index (χ4n) is 3.69. The molecule has 0 atom stereocenters. The molecule has 1 saturated heterocycles. The van der Waals surface area contributed by atoms with Gasteiger partial charge < -0.3 is 9.32 Å². The number of hydrogen-bond donors (Lipinski definition) is 0. The molecule has 1 aromatic carbocycles. The topological polar surface area (TPSA) is 42.2 Å². The fraction of sp³-hybridized carbons (Fsp3) is 0.368. The van der Waals surface area contributed by atoms with Gasteiger partial charge in [-0.3, -0.25) is 4.98 Å². The summed E-state index contributed by atoms with van der Waals surface area (Å²) < 4.78 is 5.58. The quantitative estimate of drug-likeness (QED) is 0.711. The van der Waals surface area contributed by atoms with E-state index in [-0.39, 0.29) is 0 Å². The van der Waals surface area contributed by atoms with Crippen LogP contribution in [0.2, 0.25) is 0 Å². The Bertz CT molecular complexity index is 826. The largest absolute Gasteiger partial charge is 0.444 e. The first-order chi connectivity index (χ1) is 11.2. The number of rotatable bonds is 2. The molecular formula is C19H21N3O. The molecule has 4 nitrogen and oxygen atoms in total. The van der Waals surface area contributed by atoms with E-state index in [1.54, 1.807) is 0 Å². The summed E-state index contributed by atoms with van der Waals surface area (Å²) in [4.78, 5) is 11.4. The maximum Gasteiger partial charge on any atom is 0.193 e. The monoisotopic (exact) mass is 307 g/mol. The number of para-hydroxylation sites is 1. The summed E-state index contributed by atoms with van der Waals surface area (Å²) in [6.45, 7) is 5.95. The maximum atomic E-state index is 5.58. The summed E-state index contributed by atoms with van der Waals surface area (Å²) in [5.74, 6) is 3.28. The number of benzene rings is 1. The lowest BCUT2D eigenvalue weighted by molar-refractivity contribution is 0.487. The Kier molecular flexibility index (Phi) is 3.52. The van der Waals surface area contributed by atoms with Crippen LogP contribution in [0.1, 0.15) is 36.0 Å². The van der Waals surface area contributed by atoms with Crippen molar-refractivity contribution in [1.29, 1.82) is 0 Å². The SMILES string of the molecule is Cc1nc(N2CCC(c3ccnc4ccccc34)CC2)c(C)o1. The molecule has 0 spiro atoms. The van der Waals surface area contributed by atoms with Gasteiger partial charge in [-0.05, 0) is 43.4 Å². The molecule has 1 aliphatic rings. The lowest BCUT2D eigenvalue weighted by atomic mass is 9.87. The number of aryl methyl sites for hydroxylation is 2. The first-order valence-electron chi connectivity index (χ1n) is 8.25. The van der Waals surface area contributed by atoms with Gasteiger partial charge >= 0.3 is 0 Å². The molecule has 23 heavy (non-hydrogen) atoms. The van der Waals surface area contributed by atoms with Crippen molar-refractivity contribution < 1.29 is 4.42 Å². The third kappa shape index (κ3) is 2.58. The Balaban J connectivity index is 1.56. The van der Waals surface area contributed by atoms with E-state index < -0.39 is 0 Å². The number of oxazole rings is 1. The number of aromatic nitrogens is 2. The number of fused-ring (bicyclic) bond motifs is 1. The molecule has 0 aliphatic carbocycles. The third-order valence-corrected chi connectivity index (χ3v) is 4.80. The van der Waals surface area contributed by atoms with Crippen LogP contribution in [-0.4, -0.2) is 23.1 Å². The van der Waals surface area contributed by atoms with E-state index >= 15 is 0 Å². The van der Waals surface area contributed by atoms with Gasteiger partial charge in [-0.2, -0.15) is 4.98 Å². The van der Waals surface area contributed by atoms with Crippen LogP contribution in [0, 0.1) is 13.8 Å². The number of piperidine rings is 1. The zero-order valence-corrected chi connectivity index (χ0v) is 13.6. The van der Waals surface area contributed by atoms with Gasteiger partial charge in [0.05, 0.1) is 5.52 Å². The lowest BCUT2D eigenvalue weighted by Crippen LogP contribution is -2.33. The minimum atomic E-state index is 0.590. The highest BCUT2D eigenvalue weighted by atomic mass is 16.4. The lowest BCUT2D eigenvalue weighted by Gasteiger charge is -2.32. The predicted molar refractivity (Wildman–Crippen MR) is 91.9 cm³/mol. The van der Waals surface area contributed by atoms with Crippen molar-refractivity contribution in [2.45, 2.75) is 32.6 Å². The van der Waals surface area contributed by atoms with Crippen LogP contribution in [0.25, 0.3) is 10.9 Å². The second-order valence-electron chi connectivity index (χ2n) is 6.29. The van der Waals surface area contributed by atoms with Crippen molar-refractivity contribution in [3.8, 4) is 0 Å². The zero-order chi connectivity index (χ0) is 15.8. The number of hydrogen-bond acceptors (Lipinski definition) is 4. The highest BCUT2D eigenvalue weighted by molar-refractivity contribution is 5.82. The van der Waals surface area contributed by atoms with Gasteiger partial charge in [-0.25, -0.2) is 0 Å². The van der Waals surface area contributed by atoms with Crippen LogP contribution in [0.5, 0.6) is 0 Å². The molecule has 118 valence electrons. The van der Waals surface area contributed by atoms with Crippen LogP contribution in [0.3, 0.4) is 0 Å². The Hall–Kier alpha value is -2.36. The standard InChI is InChI=1S/C19H21N3O/c1-13-19(21-14(2)23-13)22-11-8-15(9-12-22)16-7-10-20-18-6-4-3-5-17(16)18/h3-7,10,15H,8-9,11-12H2,1-2H3. The zero-order valence-electron chi connectivity index (χ0n) is 13.6. The summed E-state index contributed by atoms with van der Waals surface area (Å²) in [5.41, 5.74) is 2.53. The van der Waals surface area contributed by atoms with E-state index in [9.17, 15) is 0 Å². The molecule has 4 heteroatoms. The highest BCUT2D eigenvalue weighted by Gasteiger charge is 2.25. The van der Waals surface area contributed by atoms with Crippen LogP contribution in [0.15, 0.2) is 40.9 Å².